The summed E-state index contributed by atoms with van der Waals surface area (Å²) in [4.78, 5) is 37.4. The van der Waals surface area contributed by atoms with Gasteiger partial charge in [0.15, 0.2) is 11.5 Å². The number of rotatable bonds is 10. The molecule has 208 valence electrons. The number of amides is 2. The Hall–Kier alpha value is -4.66. The zero-order valence-corrected chi connectivity index (χ0v) is 23.4. The second-order valence-electron chi connectivity index (χ2n) is 8.63. The van der Waals surface area contributed by atoms with Gasteiger partial charge in [-0.25, -0.2) is 5.43 Å². The number of nitrogens with zero attached hydrogens (tertiary/aromatic N) is 1. The highest BCUT2D eigenvalue weighted by Crippen LogP contribution is 2.28. The molecule has 41 heavy (non-hydrogen) atoms. The second-order valence-corrected chi connectivity index (χ2v) is 9.47. The van der Waals surface area contributed by atoms with Gasteiger partial charge in [0.2, 0.25) is 0 Å². The summed E-state index contributed by atoms with van der Waals surface area (Å²) < 4.78 is 11.1. The van der Waals surface area contributed by atoms with E-state index in [-0.39, 0.29) is 17.0 Å². The van der Waals surface area contributed by atoms with E-state index in [2.05, 4.69) is 15.8 Å². The molecule has 0 radical (unpaired) electrons. The quantitative estimate of drug-likeness (QED) is 0.0943. The Kier molecular flexibility index (Phi) is 10.1. The van der Waals surface area contributed by atoms with Crippen LogP contribution in [0.1, 0.15) is 38.8 Å². The Bertz CT molecular complexity index is 1570. The summed E-state index contributed by atoms with van der Waals surface area (Å²) in [6.45, 7) is 2.18. The van der Waals surface area contributed by atoms with Crippen LogP contribution in [0, 0.1) is 0 Å². The van der Waals surface area contributed by atoms with Gasteiger partial charge in [-0.05, 0) is 78.7 Å². The van der Waals surface area contributed by atoms with Gasteiger partial charge in [0, 0.05) is 16.3 Å². The van der Waals surface area contributed by atoms with E-state index in [0.717, 1.165) is 5.56 Å². The SMILES string of the molecule is CCOc1cc(/C=N\NC(=O)c2ccc(NC(=O)c3ccc(Cl)cc3Cl)cc2)ccc1OC(=O)Cc1ccccc1. The third-order valence-electron chi connectivity index (χ3n) is 5.64. The fraction of sp³-hybridized carbons (Fsp3) is 0.0968. The van der Waals surface area contributed by atoms with Crippen LogP contribution in [-0.4, -0.2) is 30.6 Å². The molecule has 0 aromatic heterocycles. The molecule has 4 rings (SSSR count). The summed E-state index contributed by atoms with van der Waals surface area (Å²) in [5.41, 5.74) is 5.01. The number of esters is 1. The van der Waals surface area contributed by atoms with Crippen LogP contribution in [0.2, 0.25) is 10.0 Å². The third kappa shape index (κ3) is 8.41. The molecule has 4 aromatic carbocycles. The highest BCUT2D eigenvalue weighted by atomic mass is 35.5. The molecule has 0 aliphatic heterocycles. The van der Waals surface area contributed by atoms with Crippen molar-refractivity contribution in [3.05, 3.63) is 123 Å². The van der Waals surface area contributed by atoms with Gasteiger partial charge in [-0.1, -0.05) is 53.5 Å². The third-order valence-corrected chi connectivity index (χ3v) is 6.19. The number of anilines is 1. The number of ether oxygens (including phenoxy) is 2. The summed E-state index contributed by atoms with van der Waals surface area (Å²) >= 11 is 12.0. The van der Waals surface area contributed by atoms with Crippen LogP contribution in [-0.2, 0) is 11.2 Å². The summed E-state index contributed by atoms with van der Waals surface area (Å²) in [7, 11) is 0. The Morgan fingerprint density at radius 3 is 2.32 bits per heavy atom. The van der Waals surface area contributed by atoms with Crippen molar-refractivity contribution in [2.45, 2.75) is 13.3 Å². The van der Waals surface area contributed by atoms with E-state index in [9.17, 15) is 14.4 Å². The average Bonchev–Trinajstić information content (AvgIpc) is 2.95. The monoisotopic (exact) mass is 589 g/mol. The standard InChI is InChI=1S/C31H25Cl2N3O5/c1-2-40-28-16-21(8-15-27(28)41-29(37)17-20-6-4-3-5-7-20)19-34-36-30(38)22-9-12-24(13-10-22)35-31(39)25-14-11-23(32)18-26(25)33/h3-16,18-19H,2,17H2,1H3,(H,35,39)(H,36,38)/b34-19-. The van der Waals surface area contributed by atoms with Gasteiger partial charge in [-0.3, -0.25) is 14.4 Å². The molecule has 0 fully saturated rings. The minimum Gasteiger partial charge on any atom is -0.490 e. The van der Waals surface area contributed by atoms with Gasteiger partial charge in [0.05, 0.1) is 29.8 Å². The predicted octanol–water partition coefficient (Wildman–Crippen LogP) is 6.56. The smallest absolute Gasteiger partial charge is 0.315 e. The fourth-order valence-electron chi connectivity index (χ4n) is 3.69. The number of hydrogen-bond donors (Lipinski definition) is 2. The summed E-state index contributed by atoms with van der Waals surface area (Å²) in [6, 6.07) is 25.1. The van der Waals surface area contributed by atoms with Crippen LogP contribution < -0.4 is 20.2 Å². The molecule has 10 heteroatoms. The topological polar surface area (TPSA) is 106 Å². The Labute approximate surface area is 246 Å². The normalized spacial score (nSPS) is 10.7. The van der Waals surface area contributed by atoms with Crippen molar-refractivity contribution < 1.29 is 23.9 Å². The molecule has 0 saturated heterocycles. The molecule has 0 atom stereocenters. The van der Waals surface area contributed by atoms with Crippen molar-refractivity contribution in [3.8, 4) is 11.5 Å². The molecular formula is C31H25Cl2N3O5. The lowest BCUT2D eigenvalue weighted by molar-refractivity contribution is -0.133. The molecule has 0 aliphatic rings. The van der Waals surface area contributed by atoms with E-state index in [1.807, 2.05) is 37.3 Å². The number of halogens is 2. The molecule has 0 saturated carbocycles. The largest absolute Gasteiger partial charge is 0.490 e. The van der Waals surface area contributed by atoms with Crippen LogP contribution in [0.15, 0.2) is 96.1 Å². The van der Waals surface area contributed by atoms with Gasteiger partial charge < -0.3 is 14.8 Å². The highest BCUT2D eigenvalue weighted by Gasteiger charge is 2.13. The summed E-state index contributed by atoms with van der Waals surface area (Å²) in [5, 5.41) is 7.39. The predicted molar refractivity (Wildman–Crippen MR) is 159 cm³/mol. The van der Waals surface area contributed by atoms with Crippen molar-refractivity contribution in [1.82, 2.24) is 5.43 Å². The van der Waals surface area contributed by atoms with Crippen molar-refractivity contribution in [3.63, 3.8) is 0 Å². The first-order chi connectivity index (χ1) is 19.8. The van der Waals surface area contributed by atoms with E-state index in [0.29, 0.717) is 39.9 Å². The van der Waals surface area contributed by atoms with Gasteiger partial charge >= 0.3 is 5.97 Å². The van der Waals surface area contributed by atoms with E-state index < -0.39 is 17.8 Å². The van der Waals surface area contributed by atoms with Gasteiger partial charge in [-0.2, -0.15) is 5.10 Å². The van der Waals surface area contributed by atoms with Crippen LogP contribution in [0.4, 0.5) is 5.69 Å². The van der Waals surface area contributed by atoms with E-state index in [1.54, 1.807) is 48.5 Å². The Morgan fingerprint density at radius 2 is 1.61 bits per heavy atom. The molecule has 2 amide bonds. The van der Waals surface area contributed by atoms with Crippen LogP contribution in [0.25, 0.3) is 0 Å². The summed E-state index contributed by atoms with van der Waals surface area (Å²) in [5.74, 6) is -0.598. The minimum atomic E-state index is -0.448. The number of benzene rings is 4. The lowest BCUT2D eigenvalue weighted by Gasteiger charge is -2.11. The van der Waals surface area contributed by atoms with E-state index >= 15 is 0 Å². The average molecular weight is 590 g/mol. The molecule has 0 heterocycles. The summed E-state index contributed by atoms with van der Waals surface area (Å²) in [6.07, 6.45) is 1.58. The van der Waals surface area contributed by atoms with Gasteiger partial charge in [0.25, 0.3) is 11.8 Å². The number of carbonyl (C=O) groups is 3. The first kappa shape index (κ1) is 29.3. The van der Waals surface area contributed by atoms with E-state index in [4.69, 9.17) is 32.7 Å². The van der Waals surface area contributed by atoms with E-state index in [1.165, 1.54) is 18.3 Å². The Morgan fingerprint density at radius 1 is 0.854 bits per heavy atom. The molecule has 0 unspecified atom stereocenters. The lowest BCUT2D eigenvalue weighted by atomic mass is 10.1. The van der Waals surface area contributed by atoms with Crippen molar-refractivity contribution in [1.29, 1.82) is 0 Å². The molecule has 0 bridgehead atoms. The maximum absolute atomic E-state index is 12.5. The number of carbonyl (C=O) groups excluding carboxylic acids is 3. The van der Waals surface area contributed by atoms with Crippen LogP contribution in [0.5, 0.6) is 11.5 Å². The van der Waals surface area contributed by atoms with Crippen LogP contribution >= 0.6 is 23.2 Å². The second kappa shape index (κ2) is 14.1. The zero-order valence-electron chi connectivity index (χ0n) is 21.9. The van der Waals surface area contributed by atoms with Crippen molar-refractivity contribution in [2.24, 2.45) is 5.10 Å². The fourth-order valence-corrected chi connectivity index (χ4v) is 4.18. The molecular weight excluding hydrogens is 565 g/mol. The first-order valence-electron chi connectivity index (χ1n) is 12.5. The lowest BCUT2D eigenvalue weighted by Crippen LogP contribution is -2.18. The number of nitrogens with one attached hydrogen (secondary N) is 2. The van der Waals surface area contributed by atoms with Crippen molar-refractivity contribution in [2.75, 3.05) is 11.9 Å². The van der Waals surface area contributed by atoms with Gasteiger partial charge in [-0.15, -0.1) is 0 Å². The molecule has 0 aliphatic carbocycles. The minimum absolute atomic E-state index is 0.131. The number of hydrogen-bond acceptors (Lipinski definition) is 6. The highest BCUT2D eigenvalue weighted by molar-refractivity contribution is 6.37. The zero-order chi connectivity index (χ0) is 29.2. The van der Waals surface area contributed by atoms with Crippen LogP contribution in [0.3, 0.4) is 0 Å². The maximum Gasteiger partial charge on any atom is 0.315 e. The molecule has 4 aromatic rings. The molecule has 0 spiro atoms. The first-order valence-corrected chi connectivity index (χ1v) is 13.3. The Balaban J connectivity index is 1.34. The number of hydrazone groups is 1. The van der Waals surface area contributed by atoms with Gasteiger partial charge in [0.1, 0.15) is 0 Å². The molecule has 2 N–H and O–H groups in total. The maximum atomic E-state index is 12.5. The molecule has 8 nitrogen and oxygen atoms in total. The van der Waals surface area contributed by atoms with Crippen molar-refractivity contribution >= 4 is 52.9 Å².